The van der Waals surface area contributed by atoms with Crippen LogP contribution >= 0.6 is 0 Å². The number of likely N-dealkylation sites (N-methyl/N-ethyl adjacent to an activating group) is 1. The third kappa shape index (κ3) is 6.71. The summed E-state index contributed by atoms with van der Waals surface area (Å²) in [6.45, 7) is 5.44. The molecule has 0 heterocycles. The van der Waals surface area contributed by atoms with Crippen LogP contribution in [0.5, 0.6) is 0 Å². The van der Waals surface area contributed by atoms with Crippen molar-refractivity contribution in [2.75, 3.05) is 26.7 Å². The fourth-order valence-corrected chi connectivity index (χ4v) is 1.09. The monoisotopic (exact) mass is 202 g/mol. The molecule has 2 N–H and O–H groups in total. The average Bonchev–Trinajstić information content (AvgIpc) is 2.12. The largest absolute Gasteiger partial charge is 0.395 e. The number of rotatable bonds is 6. The predicted molar refractivity (Wildman–Crippen MR) is 57.2 cm³/mol. The molecule has 14 heavy (non-hydrogen) atoms. The van der Waals surface area contributed by atoms with Crippen LogP contribution in [0.25, 0.3) is 0 Å². The second-order valence-electron chi connectivity index (χ2n) is 3.91. The zero-order valence-corrected chi connectivity index (χ0v) is 9.42. The molecule has 0 bridgehead atoms. The maximum absolute atomic E-state index is 11.3. The van der Waals surface area contributed by atoms with Gasteiger partial charge in [-0.15, -0.1) is 0 Å². The van der Waals surface area contributed by atoms with Crippen LogP contribution in [-0.4, -0.2) is 42.8 Å². The fourth-order valence-electron chi connectivity index (χ4n) is 1.09. The lowest BCUT2D eigenvalue weighted by Gasteiger charge is -2.16. The molecule has 4 nitrogen and oxygen atoms in total. The highest BCUT2D eigenvalue weighted by Crippen LogP contribution is 2.01. The molecular formula is C10H22N2O2. The lowest BCUT2D eigenvalue weighted by Crippen LogP contribution is -2.39. The van der Waals surface area contributed by atoms with E-state index in [0.29, 0.717) is 19.0 Å². The molecule has 0 atom stereocenters. The van der Waals surface area contributed by atoms with Crippen molar-refractivity contribution in [3.63, 3.8) is 0 Å². The minimum Gasteiger partial charge on any atom is -0.395 e. The highest BCUT2D eigenvalue weighted by atomic mass is 16.3. The van der Waals surface area contributed by atoms with E-state index in [2.05, 4.69) is 19.2 Å². The van der Waals surface area contributed by atoms with Gasteiger partial charge in [0.2, 0.25) is 0 Å². The van der Waals surface area contributed by atoms with Gasteiger partial charge in [-0.3, -0.25) is 0 Å². The maximum atomic E-state index is 11.3. The molecule has 0 aromatic carbocycles. The highest BCUT2D eigenvalue weighted by Gasteiger charge is 2.05. The Hall–Kier alpha value is -0.770. The topological polar surface area (TPSA) is 52.6 Å². The van der Waals surface area contributed by atoms with E-state index in [1.807, 2.05) is 0 Å². The molecule has 0 saturated heterocycles. The SMILES string of the molecule is CC(C)CCCNC(=O)N(C)CCO. The van der Waals surface area contributed by atoms with Crippen LogP contribution in [0.4, 0.5) is 4.79 Å². The molecule has 0 fully saturated rings. The molecular weight excluding hydrogens is 180 g/mol. The molecule has 0 aliphatic rings. The maximum Gasteiger partial charge on any atom is 0.317 e. The summed E-state index contributed by atoms with van der Waals surface area (Å²) in [6.07, 6.45) is 2.14. The van der Waals surface area contributed by atoms with Crippen LogP contribution in [0.3, 0.4) is 0 Å². The molecule has 0 aliphatic heterocycles. The van der Waals surface area contributed by atoms with Gasteiger partial charge in [0.05, 0.1) is 6.61 Å². The first-order valence-electron chi connectivity index (χ1n) is 5.17. The van der Waals surface area contributed by atoms with Crippen molar-refractivity contribution in [2.24, 2.45) is 5.92 Å². The van der Waals surface area contributed by atoms with Gasteiger partial charge in [0.25, 0.3) is 0 Å². The zero-order chi connectivity index (χ0) is 11.0. The number of carbonyl (C=O) groups excluding carboxylic acids is 1. The number of aliphatic hydroxyl groups is 1. The molecule has 4 heteroatoms. The second kappa shape index (κ2) is 7.62. The Morgan fingerprint density at radius 2 is 2.14 bits per heavy atom. The van der Waals surface area contributed by atoms with E-state index < -0.39 is 0 Å². The van der Waals surface area contributed by atoms with Gasteiger partial charge in [-0.05, 0) is 18.8 Å². The predicted octanol–water partition coefficient (Wildman–Crippen LogP) is 1.06. The molecule has 0 aliphatic carbocycles. The van der Waals surface area contributed by atoms with Crippen molar-refractivity contribution in [2.45, 2.75) is 26.7 Å². The number of amides is 2. The minimum atomic E-state index is -0.109. The van der Waals surface area contributed by atoms with Crippen molar-refractivity contribution in [1.29, 1.82) is 0 Å². The Balaban J connectivity index is 3.44. The van der Waals surface area contributed by atoms with Gasteiger partial charge in [-0.2, -0.15) is 0 Å². The third-order valence-electron chi connectivity index (χ3n) is 2.02. The molecule has 0 aromatic rings. The van der Waals surface area contributed by atoms with Gasteiger partial charge in [0.15, 0.2) is 0 Å². The van der Waals surface area contributed by atoms with Crippen molar-refractivity contribution in [3.05, 3.63) is 0 Å². The standard InChI is InChI=1S/C10H22N2O2/c1-9(2)5-4-6-11-10(14)12(3)7-8-13/h9,13H,4-8H2,1-3H3,(H,11,14). The second-order valence-corrected chi connectivity index (χ2v) is 3.91. The normalized spacial score (nSPS) is 10.4. The quantitative estimate of drug-likeness (QED) is 0.633. The summed E-state index contributed by atoms with van der Waals surface area (Å²) in [7, 11) is 1.67. The van der Waals surface area contributed by atoms with Gasteiger partial charge in [-0.25, -0.2) is 4.79 Å². The van der Waals surface area contributed by atoms with Crippen LogP contribution < -0.4 is 5.32 Å². The summed E-state index contributed by atoms with van der Waals surface area (Å²) < 4.78 is 0. The lowest BCUT2D eigenvalue weighted by atomic mass is 10.1. The first-order chi connectivity index (χ1) is 6.57. The van der Waals surface area contributed by atoms with E-state index in [9.17, 15) is 4.79 Å². The number of nitrogens with one attached hydrogen (secondary N) is 1. The number of nitrogens with zero attached hydrogens (tertiary/aromatic N) is 1. The fraction of sp³-hybridized carbons (Fsp3) is 0.900. The Labute approximate surface area is 86.3 Å². The third-order valence-corrected chi connectivity index (χ3v) is 2.02. The summed E-state index contributed by atoms with van der Waals surface area (Å²) in [5.74, 6) is 0.682. The Kier molecular flexibility index (Phi) is 7.20. The smallest absolute Gasteiger partial charge is 0.317 e. The Morgan fingerprint density at radius 1 is 1.50 bits per heavy atom. The van der Waals surface area contributed by atoms with E-state index in [-0.39, 0.29) is 12.6 Å². The average molecular weight is 202 g/mol. The van der Waals surface area contributed by atoms with E-state index in [0.717, 1.165) is 12.8 Å². The summed E-state index contributed by atoms with van der Waals surface area (Å²) >= 11 is 0. The Bertz CT molecular complexity index is 160. The summed E-state index contributed by atoms with van der Waals surface area (Å²) in [6, 6.07) is -0.109. The van der Waals surface area contributed by atoms with Crippen LogP contribution in [0, 0.1) is 5.92 Å². The summed E-state index contributed by atoms with van der Waals surface area (Å²) in [5, 5.41) is 11.4. The summed E-state index contributed by atoms with van der Waals surface area (Å²) in [4.78, 5) is 12.8. The van der Waals surface area contributed by atoms with Crippen molar-refractivity contribution in [1.82, 2.24) is 10.2 Å². The first kappa shape index (κ1) is 13.2. The van der Waals surface area contributed by atoms with Gasteiger partial charge in [0, 0.05) is 20.1 Å². The van der Waals surface area contributed by atoms with Crippen molar-refractivity contribution >= 4 is 6.03 Å². The first-order valence-corrected chi connectivity index (χ1v) is 5.17. The van der Waals surface area contributed by atoms with Gasteiger partial charge in [-0.1, -0.05) is 13.8 Å². The number of carbonyl (C=O) groups is 1. The highest BCUT2D eigenvalue weighted by molar-refractivity contribution is 5.73. The molecule has 0 spiro atoms. The molecule has 0 aromatic heterocycles. The van der Waals surface area contributed by atoms with Gasteiger partial charge in [0.1, 0.15) is 0 Å². The molecule has 0 radical (unpaired) electrons. The zero-order valence-electron chi connectivity index (χ0n) is 9.42. The van der Waals surface area contributed by atoms with Crippen LogP contribution in [0.15, 0.2) is 0 Å². The van der Waals surface area contributed by atoms with E-state index >= 15 is 0 Å². The molecule has 0 rings (SSSR count). The van der Waals surface area contributed by atoms with Crippen molar-refractivity contribution < 1.29 is 9.90 Å². The van der Waals surface area contributed by atoms with E-state index in [1.54, 1.807) is 7.05 Å². The lowest BCUT2D eigenvalue weighted by molar-refractivity contribution is 0.190. The van der Waals surface area contributed by atoms with E-state index in [4.69, 9.17) is 5.11 Å². The molecule has 2 amide bonds. The van der Waals surface area contributed by atoms with Crippen molar-refractivity contribution in [3.8, 4) is 0 Å². The van der Waals surface area contributed by atoms with Crippen LogP contribution in [0.2, 0.25) is 0 Å². The van der Waals surface area contributed by atoms with Gasteiger partial charge < -0.3 is 15.3 Å². The summed E-state index contributed by atoms with van der Waals surface area (Å²) in [5.41, 5.74) is 0. The number of hydrogen-bond acceptors (Lipinski definition) is 2. The Morgan fingerprint density at radius 3 is 2.64 bits per heavy atom. The molecule has 0 unspecified atom stereocenters. The van der Waals surface area contributed by atoms with Gasteiger partial charge >= 0.3 is 6.03 Å². The van der Waals surface area contributed by atoms with E-state index in [1.165, 1.54) is 4.90 Å². The molecule has 84 valence electrons. The number of hydrogen-bond donors (Lipinski definition) is 2. The minimum absolute atomic E-state index is 0.00984. The van der Waals surface area contributed by atoms with Crippen LogP contribution in [0.1, 0.15) is 26.7 Å². The number of urea groups is 1. The molecule has 0 saturated carbocycles. The van der Waals surface area contributed by atoms with Crippen LogP contribution in [-0.2, 0) is 0 Å². The number of aliphatic hydroxyl groups excluding tert-OH is 1.